The highest BCUT2D eigenvalue weighted by atomic mass is 19.1. The highest BCUT2D eigenvalue weighted by molar-refractivity contribution is 5.95. The van der Waals surface area contributed by atoms with Crippen molar-refractivity contribution in [3.63, 3.8) is 0 Å². The summed E-state index contributed by atoms with van der Waals surface area (Å²) in [6.45, 7) is 0.122. The fraction of sp³-hybridized carbons (Fsp3) is 0.400. The largest absolute Gasteiger partial charge is 0.465 e. The van der Waals surface area contributed by atoms with Gasteiger partial charge in [0.25, 0.3) is 0 Å². The zero-order valence-corrected chi connectivity index (χ0v) is 15.7. The number of carbonyl (C=O) groups is 1. The number of esters is 1. The number of methoxy groups -OCH3 is 1. The normalized spacial score (nSPS) is 15.3. The zero-order valence-electron chi connectivity index (χ0n) is 15.7. The van der Waals surface area contributed by atoms with E-state index in [1.165, 1.54) is 25.7 Å². The van der Waals surface area contributed by atoms with E-state index in [1.807, 2.05) is 0 Å². The standard InChI is InChI=1S/C20H22FN5O2/c1-3-14-10-23-18(12-22-14)26-17-9-16(15(11-24-17)19(27)28-2)25-13-20(21)7-5-4-6-8-20/h1,9-12H,4-8,13H2,2H3,(H2,23,24,25,26). The molecule has 3 rings (SSSR count). The van der Waals surface area contributed by atoms with Gasteiger partial charge in [0.2, 0.25) is 0 Å². The van der Waals surface area contributed by atoms with Crippen LogP contribution < -0.4 is 10.6 Å². The summed E-state index contributed by atoms with van der Waals surface area (Å²) < 4.78 is 19.8. The van der Waals surface area contributed by atoms with Gasteiger partial charge in [0.15, 0.2) is 0 Å². The lowest BCUT2D eigenvalue weighted by Crippen LogP contribution is -2.34. The van der Waals surface area contributed by atoms with Crippen LogP contribution in [0, 0.1) is 12.3 Å². The molecular weight excluding hydrogens is 361 g/mol. The molecule has 0 unspecified atom stereocenters. The quantitative estimate of drug-likeness (QED) is 0.583. The number of carbonyl (C=O) groups excluding carboxylic acids is 1. The lowest BCUT2D eigenvalue weighted by atomic mass is 9.86. The van der Waals surface area contributed by atoms with Crippen molar-refractivity contribution in [3.05, 3.63) is 35.9 Å². The lowest BCUT2D eigenvalue weighted by Gasteiger charge is -2.30. The number of hydrogen-bond acceptors (Lipinski definition) is 7. The molecule has 0 aliphatic heterocycles. The summed E-state index contributed by atoms with van der Waals surface area (Å²) in [4.78, 5) is 24.5. The fourth-order valence-corrected chi connectivity index (χ4v) is 3.16. The molecule has 2 N–H and O–H groups in total. The Hall–Kier alpha value is -3.21. The molecule has 8 heteroatoms. The van der Waals surface area contributed by atoms with Crippen LogP contribution in [0.3, 0.4) is 0 Å². The molecule has 0 amide bonds. The van der Waals surface area contributed by atoms with E-state index in [1.54, 1.807) is 6.07 Å². The van der Waals surface area contributed by atoms with Crippen molar-refractivity contribution in [1.82, 2.24) is 15.0 Å². The number of nitrogens with one attached hydrogen (secondary N) is 2. The molecule has 0 aromatic carbocycles. The highest BCUT2D eigenvalue weighted by Crippen LogP contribution is 2.32. The van der Waals surface area contributed by atoms with Gasteiger partial charge in [-0.15, -0.1) is 6.42 Å². The topological polar surface area (TPSA) is 89.0 Å². The van der Waals surface area contributed by atoms with Crippen molar-refractivity contribution in [2.24, 2.45) is 0 Å². The summed E-state index contributed by atoms with van der Waals surface area (Å²) in [6.07, 6.45) is 13.4. The Balaban J connectivity index is 1.79. The van der Waals surface area contributed by atoms with Crippen molar-refractivity contribution in [1.29, 1.82) is 0 Å². The van der Waals surface area contributed by atoms with Crippen LogP contribution in [-0.2, 0) is 4.74 Å². The number of halogens is 1. The van der Waals surface area contributed by atoms with Crippen molar-refractivity contribution in [2.75, 3.05) is 24.3 Å². The molecule has 1 fully saturated rings. The molecular formula is C20H22FN5O2. The second-order valence-corrected chi connectivity index (χ2v) is 6.73. The number of rotatable bonds is 6. The van der Waals surface area contributed by atoms with Gasteiger partial charge in [0, 0.05) is 18.8 Å². The van der Waals surface area contributed by atoms with Crippen molar-refractivity contribution in [3.8, 4) is 12.3 Å². The van der Waals surface area contributed by atoms with Gasteiger partial charge in [-0.25, -0.2) is 24.1 Å². The number of terminal acetylenes is 1. The summed E-state index contributed by atoms with van der Waals surface area (Å²) in [5, 5.41) is 6.05. The molecule has 7 nitrogen and oxygen atoms in total. The maximum atomic E-state index is 14.9. The third kappa shape index (κ3) is 4.74. The van der Waals surface area contributed by atoms with Gasteiger partial charge >= 0.3 is 5.97 Å². The van der Waals surface area contributed by atoms with E-state index in [0.717, 1.165) is 19.3 Å². The maximum absolute atomic E-state index is 14.9. The zero-order chi connectivity index (χ0) is 20.0. The van der Waals surface area contributed by atoms with E-state index in [0.29, 0.717) is 35.9 Å². The van der Waals surface area contributed by atoms with E-state index in [2.05, 4.69) is 31.5 Å². The Labute approximate surface area is 163 Å². The first-order chi connectivity index (χ1) is 13.5. The molecule has 2 aromatic heterocycles. The number of hydrogen-bond donors (Lipinski definition) is 2. The second kappa shape index (κ2) is 8.65. The van der Waals surface area contributed by atoms with E-state index in [4.69, 9.17) is 11.2 Å². The van der Waals surface area contributed by atoms with Crippen LogP contribution in [0.5, 0.6) is 0 Å². The third-order valence-electron chi connectivity index (χ3n) is 4.71. The molecule has 0 spiro atoms. The van der Waals surface area contributed by atoms with Crippen LogP contribution in [0.2, 0.25) is 0 Å². The predicted molar refractivity (Wildman–Crippen MR) is 104 cm³/mol. The monoisotopic (exact) mass is 383 g/mol. The summed E-state index contributed by atoms with van der Waals surface area (Å²) in [5.41, 5.74) is -0.178. The summed E-state index contributed by atoms with van der Waals surface area (Å²) in [6, 6.07) is 1.62. The van der Waals surface area contributed by atoms with Gasteiger partial charge in [0.1, 0.15) is 28.6 Å². The van der Waals surface area contributed by atoms with Crippen molar-refractivity contribution < 1.29 is 13.9 Å². The number of anilines is 3. The Kier molecular flexibility index (Phi) is 6.04. The van der Waals surface area contributed by atoms with Crippen LogP contribution in [0.15, 0.2) is 24.7 Å². The SMILES string of the molecule is C#Cc1cnc(Nc2cc(NCC3(F)CCCCC3)c(C(=O)OC)cn2)cn1. The first kappa shape index (κ1) is 19.5. The number of alkyl halides is 1. The van der Waals surface area contributed by atoms with Crippen LogP contribution in [-0.4, -0.2) is 40.2 Å². The summed E-state index contributed by atoms with van der Waals surface area (Å²) in [7, 11) is 1.29. The van der Waals surface area contributed by atoms with Gasteiger partial charge in [-0.3, -0.25) is 0 Å². The van der Waals surface area contributed by atoms with E-state index in [9.17, 15) is 9.18 Å². The van der Waals surface area contributed by atoms with Crippen LogP contribution >= 0.6 is 0 Å². The Morgan fingerprint density at radius 3 is 2.61 bits per heavy atom. The van der Waals surface area contributed by atoms with Gasteiger partial charge < -0.3 is 15.4 Å². The minimum atomic E-state index is -1.28. The van der Waals surface area contributed by atoms with E-state index < -0.39 is 11.6 Å². The molecule has 2 heterocycles. The smallest absolute Gasteiger partial charge is 0.341 e. The minimum absolute atomic E-state index is 0.122. The van der Waals surface area contributed by atoms with Gasteiger partial charge in [-0.1, -0.05) is 19.3 Å². The number of ether oxygens (including phenoxy) is 1. The first-order valence-corrected chi connectivity index (χ1v) is 9.10. The Morgan fingerprint density at radius 2 is 1.96 bits per heavy atom. The minimum Gasteiger partial charge on any atom is -0.465 e. The number of pyridine rings is 1. The lowest BCUT2D eigenvalue weighted by molar-refractivity contribution is 0.0601. The van der Waals surface area contributed by atoms with Gasteiger partial charge in [0.05, 0.1) is 25.2 Å². The van der Waals surface area contributed by atoms with Crippen LogP contribution in [0.4, 0.5) is 21.7 Å². The third-order valence-corrected chi connectivity index (χ3v) is 4.71. The van der Waals surface area contributed by atoms with Gasteiger partial charge in [-0.2, -0.15) is 0 Å². The maximum Gasteiger partial charge on any atom is 0.341 e. The van der Waals surface area contributed by atoms with Crippen molar-refractivity contribution in [2.45, 2.75) is 37.8 Å². The number of aromatic nitrogens is 3. The second-order valence-electron chi connectivity index (χ2n) is 6.73. The average molecular weight is 383 g/mol. The van der Waals surface area contributed by atoms with Gasteiger partial charge in [-0.05, 0) is 18.8 Å². The average Bonchev–Trinajstić information content (AvgIpc) is 2.73. The predicted octanol–water partition coefficient (Wildman–Crippen LogP) is 3.47. The molecule has 1 saturated carbocycles. The fourth-order valence-electron chi connectivity index (χ4n) is 3.16. The molecule has 1 aliphatic carbocycles. The molecule has 2 aromatic rings. The molecule has 28 heavy (non-hydrogen) atoms. The summed E-state index contributed by atoms with van der Waals surface area (Å²) >= 11 is 0. The van der Waals surface area contributed by atoms with Crippen molar-refractivity contribution >= 4 is 23.3 Å². The Bertz CT molecular complexity index is 873. The Morgan fingerprint density at radius 1 is 1.21 bits per heavy atom. The first-order valence-electron chi connectivity index (χ1n) is 9.10. The van der Waals surface area contributed by atoms with E-state index >= 15 is 0 Å². The molecule has 0 bridgehead atoms. The molecule has 0 radical (unpaired) electrons. The van der Waals surface area contributed by atoms with E-state index in [-0.39, 0.29) is 12.1 Å². The molecule has 1 aliphatic rings. The number of nitrogens with zero attached hydrogens (tertiary/aromatic N) is 3. The molecule has 0 saturated heterocycles. The molecule has 146 valence electrons. The summed E-state index contributed by atoms with van der Waals surface area (Å²) in [5.74, 6) is 2.71. The van der Waals surface area contributed by atoms with Crippen LogP contribution in [0.25, 0.3) is 0 Å². The van der Waals surface area contributed by atoms with Crippen LogP contribution in [0.1, 0.15) is 48.2 Å². The highest BCUT2D eigenvalue weighted by Gasteiger charge is 2.31. The molecule has 0 atom stereocenters.